The van der Waals surface area contributed by atoms with E-state index in [1.165, 1.54) is 0 Å². The molecule has 0 aliphatic carbocycles. The number of carbonyl (C=O) groups is 1. The van der Waals surface area contributed by atoms with Gasteiger partial charge in [-0.1, -0.05) is 4.49 Å². The summed E-state index contributed by atoms with van der Waals surface area (Å²) >= 11 is 1.16. The lowest BCUT2D eigenvalue weighted by molar-refractivity contribution is 0.0469. The van der Waals surface area contributed by atoms with E-state index in [-0.39, 0.29) is 12.0 Å². The van der Waals surface area contributed by atoms with Crippen LogP contribution in [0.25, 0.3) is 0 Å². The third kappa shape index (κ3) is 1.91. The van der Waals surface area contributed by atoms with Crippen molar-refractivity contribution >= 4 is 17.4 Å². The quantitative estimate of drug-likeness (QED) is 0.720. The van der Waals surface area contributed by atoms with Crippen molar-refractivity contribution in [2.45, 2.75) is 18.9 Å². The predicted molar refractivity (Wildman–Crippen MR) is 51.1 cm³/mol. The summed E-state index contributed by atoms with van der Waals surface area (Å²) in [6, 6.07) is 0. The van der Waals surface area contributed by atoms with Gasteiger partial charge < -0.3 is 10.0 Å². The lowest BCUT2D eigenvalue weighted by atomic mass is 10.1. The number of hydrogen-bond acceptors (Lipinski definition) is 5. The Kier molecular flexibility index (Phi) is 2.74. The van der Waals surface area contributed by atoms with Crippen LogP contribution in [0, 0.1) is 0 Å². The number of rotatable bonds is 1. The van der Waals surface area contributed by atoms with Crippen LogP contribution >= 0.6 is 11.5 Å². The fraction of sp³-hybridized carbons (Fsp3) is 0.625. The number of nitrogens with zero attached hydrogens (tertiary/aromatic N) is 3. The van der Waals surface area contributed by atoms with Gasteiger partial charge in [-0.2, -0.15) is 0 Å². The van der Waals surface area contributed by atoms with E-state index in [0.717, 1.165) is 24.4 Å². The Morgan fingerprint density at radius 3 is 3.21 bits per heavy atom. The van der Waals surface area contributed by atoms with Crippen molar-refractivity contribution in [3.8, 4) is 0 Å². The van der Waals surface area contributed by atoms with E-state index in [0.29, 0.717) is 18.8 Å². The van der Waals surface area contributed by atoms with Crippen molar-refractivity contribution in [1.29, 1.82) is 0 Å². The number of aliphatic hydroxyl groups excluding tert-OH is 1. The molecule has 0 bridgehead atoms. The molecule has 0 spiro atoms. The molecule has 76 valence electrons. The van der Waals surface area contributed by atoms with E-state index in [9.17, 15) is 9.90 Å². The van der Waals surface area contributed by atoms with Crippen molar-refractivity contribution in [2.24, 2.45) is 0 Å². The molecule has 1 aliphatic heterocycles. The zero-order valence-corrected chi connectivity index (χ0v) is 8.40. The molecular formula is C8H11N3O2S. The summed E-state index contributed by atoms with van der Waals surface area (Å²) in [6.45, 7) is 1.11. The van der Waals surface area contributed by atoms with Crippen LogP contribution in [0.1, 0.15) is 23.3 Å². The number of carbonyl (C=O) groups excluding carboxylic acids is 1. The number of aromatic nitrogens is 2. The Bertz CT molecular complexity index is 314. The van der Waals surface area contributed by atoms with Gasteiger partial charge in [0.1, 0.15) is 0 Å². The van der Waals surface area contributed by atoms with Crippen LogP contribution in [-0.4, -0.2) is 44.7 Å². The van der Waals surface area contributed by atoms with Crippen molar-refractivity contribution in [1.82, 2.24) is 14.5 Å². The summed E-state index contributed by atoms with van der Waals surface area (Å²) in [7, 11) is 0. The minimum atomic E-state index is -0.390. The first-order chi connectivity index (χ1) is 6.77. The van der Waals surface area contributed by atoms with Gasteiger partial charge in [0.2, 0.25) is 0 Å². The van der Waals surface area contributed by atoms with E-state index in [4.69, 9.17) is 0 Å². The number of amides is 1. The summed E-state index contributed by atoms with van der Waals surface area (Å²) in [6.07, 6.45) is 1.24. The van der Waals surface area contributed by atoms with Gasteiger partial charge in [-0.3, -0.25) is 4.79 Å². The molecule has 1 fully saturated rings. The van der Waals surface area contributed by atoms with E-state index in [2.05, 4.69) is 9.59 Å². The second-order valence-corrected chi connectivity index (χ2v) is 3.95. The normalized spacial score (nSPS) is 22.4. The van der Waals surface area contributed by atoms with Gasteiger partial charge in [-0.05, 0) is 24.4 Å². The number of likely N-dealkylation sites (tertiary alicyclic amines) is 1. The minimum absolute atomic E-state index is 0.127. The molecule has 1 amide bonds. The van der Waals surface area contributed by atoms with E-state index < -0.39 is 0 Å². The summed E-state index contributed by atoms with van der Waals surface area (Å²) in [5.41, 5.74) is 0.379. The van der Waals surface area contributed by atoms with E-state index >= 15 is 0 Å². The standard InChI is InChI=1S/C8H11N3O2S/c12-6-2-1-3-11(4-6)8(13)7-5-14-10-9-7/h5-6,12H,1-4H2/t6-/m0/s1. The summed E-state index contributed by atoms with van der Waals surface area (Å²) in [5, 5.41) is 14.7. The molecule has 1 saturated heterocycles. The Labute approximate surface area is 85.5 Å². The lowest BCUT2D eigenvalue weighted by Crippen LogP contribution is -2.42. The second kappa shape index (κ2) is 4.02. The van der Waals surface area contributed by atoms with Gasteiger partial charge in [0.05, 0.1) is 6.10 Å². The Balaban J connectivity index is 2.04. The molecule has 1 N–H and O–H groups in total. The number of aliphatic hydroxyl groups is 1. The Morgan fingerprint density at radius 1 is 1.71 bits per heavy atom. The van der Waals surface area contributed by atoms with Gasteiger partial charge in [-0.15, -0.1) is 5.10 Å². The highest BCUT2D eigenvalue weighted by Gasteiger charge is 2.24. The van der Waals surface area contributed by atoms with E-state index in [1.807, 2.05) is 0 Å². The van der Waals surface area contributed by atoms with Gasteiger partial charge in [0, 0.05) is 18.5 Å². The van der Waals surface area contributed by atoms with Gasteiger partial charge >= 0.3 is 0 Å². The predicted octanol–water partition coefficient (Wildman–Crippen LogP) is 0.135. The summed E-state index contributed by atoms with van der Waals surface area (Å²) in [4.78, 5) is 13.4. The zero-order chi connectivity index (χ0) is 9.97. The average Bonchev–Trinajstić information content (AvgIpc) is 2.69. The zero-order valence-electron chi connectivity index (χ0n) is 7.59. The highest BCUT2D eigenvalue weighted by molar-refractivity contribution is 7.03. The van der Waals surface area contributed by atoms with Gasteiger partial charge in [0.25, 0.3) is 5.91 Å². The third-order valence-electron chi connectivity index (χ3n) is 2.26. The lowest BCUT2D eigenvalue weighted by Gasteiger charge is -2.29. The molecule has 0 saturated carbocycles. The summed E-state index contributed by atoms with van der Waals surface area (Å²) < 4.78 is 3.64. The molecule has 1 aliphatic rings. The Morgan fingerprint density at radius 2 is 2.57 bits per heavy atom. The van der Waals surface area contributed by atoms with Crippen LogP contribution in [0.5, 0.6) is 0 Å². The van der Waals surface area contributed by atoms with Crippen LogP contribution in [-0.2, 0) is 0 Å². The van der Waals surface area contributed by atoms with Crippen molar-refractivity contribution in [3.63, 3.8) is 0 Å². The first-order valence-corrected chi connectivity index (χ1v) is 5.35. The van der Waals surface area contributed by atoms with Crippen molar-refractivity contribution < 1.29 is 9.90 Å². The molecule has 2 heterocycles. The van der Waals surface area contributed by atoms with Crippen molar-refractivity contribution in [2.75, 3.05) is 13.1 Å². The molecule has 5 nitrogen and oxygen atoms in total. The molecule has 6 heteroatoms. The molecule has 1 aromatic rings. The number of β-amino-alcohol motifs (C(OH)–C–C–N with tert-alkyl or cyclic N) is 1. The van der Waals surface area contributed by atoms with Crippen LogP contribution in [0.2, 0.25) is 0 Å². The maximum absolute atomic E-state index is 11.7. The van der Waals surface area contributed by atoms with Gasteiger partial charge in [-0.25, -0.2) is 0 Å². The molecule has 1 aromatic heterocycles. The molecule has 14 heavy (non-hydrogen) atoms. The maximum atomic E-state index is 11.7. The number of hydrogen-bond donors (Lipinski definition) is 1. The Hall–Kier alpha value is -1.01. The third-order valence-corrected chi connectivity index (χ3v) is 2.77. The maximum Gasteiger partial charge on any atom is 0.275 e. The number of piperidine rings is 1. The van der Waals surface area contributed by atoms with Crippen LogP contribution < -0.4 is 0 Å². The molecule has 0 radical (unpaired) electrons. The van der Waals surface area contributed by atoms with Crippen LogP contribution in [0.3, 0.4) is 0 Å². The van der Waals surface area contributed by atoms with Gasteiger partial charge in [0.15, 0.2) is 5.69 Å². The highest BCUT2D eigenvalue weighted by atomic mass is 32.1. The molecule has 1 atom stereocenters. The molecule has 2 rings (SSSR count). The average molecular weight is 213 g/mol. The molecule has 0 unspecified atom stereocenters. The first-order valence-electron chi connectivity index (χ1n) is 4.52. The topological polar surface area (TPSA) is 66.3 Å². The van der Waals surface area contributed by atoms with E-state index in [1.54, 1.807) is 10.3 Å². The molecule has 0 aromatic carbocycles. The molecular weight excluding hydrogens is 202 g/mol. The second-order valence-electron chi connectivity index (χ2n) is 3.34. The monoisotopic (exact) mass is 213 g/mol. The highest BCUT2D eigenvalue weighted by Crippen LogP contribution is 2.12. The first kappa shape index (κ1) is 9.54. The minimum Gasteiger partial charge on any atom is -0.391 e. The van der Waals surface area contributed by atoms with Crippen LogP contribution in [0.4, 0.5) is 0 Å². The fourth-order valence-corrected chi connectivity index (χ4v) is 1.99. The SMILES string of the molecule is O=C(c1csnn1)N1CCC[C@H](O)C1. The smallest absolute Gasteiger partial charge is 0.275 e. The summed E-state index contributed by atoms with van der Waals surface area (Å²) in [5.74, 6) is -0.127. The fourth-order valence-electron chi connectivity index (χ4n) is 1.56. The largest absolute Gasteiger partial charge is 0.391 e. The van der Waals surface area contributed by atoms with Crippen molar-refractivity contribution in [3.05, 3.63) is 11.1 Å². The van der Waals surface area contributed by atoms with Crippen LogP contribution in [0.15, 0.2) is 5.38 Å².